The lowest BCUT2D eigenvalue weighted by Crippen LogP contribution is -2.23. The van der Waals surface area contributed by atoms with Crippen LogP contribution >= 0.6 is 0 Å². The van der Waals surface area contributed by atoms with Gasteiger partial charge >= 0.3 is 5.97 Å². The summed E-state index contributed by atoms with van der Waals surface area (Å²) >= 11 is 0. The van der Waals surface area contributed by atoms with Crippen LogP contribution in [0.5, 0.6) is 0 Å². The number of rotatable bonds is 4. The summed E-state index contributed by atoms with van der Waals surface area (Å²) in [5, 5.41) is 0. The quantitative estimate of drug-likeness (QED) is 0.381. The lowest BCUT2D eigenvalue weighted by atomic mass is 10.2. The summed E-state index contributed by atoms with van der Waals surface area (Å²) in [5.74, 6) is -0.1000. The van der Waals surface area contributed by atoms with E-state index < -0.39 is 0 Å². The van der Waals surface area contributed by atoms with Crippen LogP contribution < -0.4 is 0 Å². The average molecular weight is 184 g/mol. The van der Waals surface area contributed by atoms with Crippen molar-refractivity contribution in [3.8, 4) is 0 Å². The number of carbonyl (C=O) groups is 1. The van der Waals surface area contributed by atoms with Crippen LogP contribution in [0, 0.1) is 0 Å². The van der Waals surface area contributed by atoms with Gasteiger partial charge in [0.05, 0.1) is 0 Å². The van der Waals surface area contributed by atoms with Crippen molar-refractivity contribution in [3.05, 3.63) is 12.2 Å². The van der Waals surface area contributed by atoms with Gasteiger partial charge in [-0.2, -0.15) is 0 Å². The molecule has 0 aromatic rings. The van der Waals surface area contributed by atoms with E-state index in [0.717, 1.165) is 12.8 Å². The Morgan fingerprint density at radius 2 is 2.00 bits per heavy atom. The predicted octanol–water partition coefficient (Wildman–Crippen LogP) is 3.07. The molecular weight excluding hydrogens is 164 g/mol. The SMILES string of the molecule is C/C=C/CCCC(=O)OC(C)(C)C. The smallest absolute Gasteiger partial charge is 0.306 e. The molecule has 0 saturated carbocycles. The molecule has 0 bridgehead atoms. The monoisotopic (exact) mass is 184 g/mol. The molecule has 2 nitrogen and oxygen atoms in total. The van der Waals surface area contributed by atoms with E-state index in [9.17, 15) is 4.79 Å². The number of esters is 1. The minimum atomic E-state index is -0.350. The molecule has 13 heavy (non-hydrogen) atoms. The van der Waals surface area contributed by atoms with Gasteiger partial charge in [-0.3, -0.25) is 4.79 Å². The van der Waals surface area contributed by atoms with Gasteiger partial charge in [-0.05, 0) is 40.5 Å². The number of carbonyl (C=O) groups excluding carboxylic acids is 1. The van der Waals surface area contributed by atoms with Gasteiger partial charge in [0.15, 0.2) is 0 Å². The Kier molecular flexibility index (Phi) is 5.44. The van der Waals surface area contributed by atoms with E-state index in [1.54, 1.807) is 0 Å². The van der Waals surface area contributed by atoms with Crippen molar-refractivity contribution in [3.63, 3.8) is 0 Å². The number of allylic oxidation sites excluding steroid dienone is 2. The summed E-state index contributed by atoms with van der Waals surface area (Å²) in [5.41, 5.74) is -0.350. The Bertz CT molecular complexity index is 175. The Labute approximate surface area is 81.0 Å². The van der Waals surface area contributed by atoms with Crippen molar-refractivity contribution in [2.75, 3.05) is 0 Å². The molecule has 0 rings (SSSR count). The van der Waals surface area contributed by atoms with Gasteiger partial charge in [-0.15, -0.1) is 0 Å². The van der Waals surface area contributed by atoms with Crippen molar-refractivity contribution in [1.82, 2.24) is 0 Å². The maximum Gasteiger partial charge on any atom is 0.306 e. The van der Waals surface area contributed by atoms with E-state index in [0.29, 0.717) is 6.42 Å². The fourth-order valence-electron chi connectivity index (χ4n) is 0.923. The Balaban J connectivity index is 3.52. The summed E-state index contributed by atoms with van der Waals surface area (Å²) in [6, 6.07) is 0. The molecule has 0 spiro atoms. The molecule has 0 amide bonds. The first-order valence-electron chi connectivity index (χ1n) is 4.78. The van der Waals surface area contributed by atoms with Crippen molar-refractivity contribution >= 4 is 5.97 Å². The molecule has 0 unspecified atom stereocenters. The van der Waals surface area contributed by atoms with Crippen LogP contribution in [0.25, 0.3) is 0 Å². The Morgan fingerprint density at radius 3 is 2.46 bits per heavy atom. The molecule has 0 radical (unpaired) electrons. The largest absolute Gasteiger partial charge is 0.460 e. The van der Waals surface area contributed by atoms with Crippen LogP contribution in [0.15, 0.2) is 12.2 Å². The van der Waals surface area contributed by atoms with E-state index in [4.69, 9.17) is 4.74 Å². The molecule has 0 aliphatic rings. The number of ether oxygens (including phenoxy) is 1. The summed E-state index contributed by atoms with van der Waals surface area (Å²) < 4.78 is 5.15. The van der Waals surface area contributed by atoms with Crippen LogP contribution in [0.1, 0.15) is 47.0 Å². The number of hydrogen-bond acceptors (Lipinski definition) is 2. The lowest BCUT2D eigenvalue weighted by Gasteiger charge is -2.19. The predicted molar refractivity (Wildman–Crippen MR) is 54.5 cm³/mol. The third-order valence-electron chi connectivity index (χ3n) is 1.41. The molecule has 0 aromatic heterocycles. The maximum absolute atomic E-state index is 11.2. The van der Waals surface area contributed by atoms with Gasteiger partial charge in [0.25, 0.3) is 0 Å². The molecular formula is C11H20O2. The molecule has 0 fully saturated rings. The zero-order chi connectivity index (χ0) is 10.3. The summed E-state index contributed by atoms with van der Waals surface area (Å²) in [4.78, 5) is 11.2. The average Bonchev–Trinajstić information content (AvgIpc) is 1.94. The zero-order valence-corrected chi connectivity index (χ0v) is 9.09. The highest BCUT2D eigenvalue weighted by Gasteiger charge is 2.15. The van der Waals surface area contributed by atoms with E-state index >= 15 is 0 Å². The van der Waals surface area contributed by atoms with E-state index in [1.807, 2.05) is 33.8 Å². The second-order valence-electron chi connectivity index (χ2n) is 4.05. The van der Waals surface area contributed by atoms with Gasteiger partial charge in [0, 0.05) is 6.42 Å². The molecule has 0 N–H and O–H groups in total. The first-order chi connectivity index (χ1) is 5.95. The fraction of sp³-hybridized carbons (Fsp3) is 0.727. The van der Waals surface area contributed by atoms with Gasteiger partial charge < -0.3 is 4.74 Å². The van der Waals surface area contributed by atoms with Crippen molar-refractivity contribution in [1.29, 1.82) is 0 Å². The molecule has 0 atom stereocenters. The van der Waals surface area contributed by atoms with Crippen LogP contribution in [0.2, 0.25) is 0 Å². The highest BCUT2D eigenvalue weighted by atomic mass is 16.6. The zero-order valence-electron chi connectivity index (χ0n) is 9.09. The molecule has 0 saturated heterocycles. The van der Waals surface area contributed by atoms with E-state index in [1.165, 1.54) is 0 Å². The molecule has 2 heteroatoms. The first kappa shape index (κ1) is 12.2. The van der Waals surface area contributed by atoms with Crippen molar-refractivity contribution in [2.45, 2.75) is 52.6 Å². The molecule has 0 aromatic carbocycles. The van der Waals surface area contributed by atoms with E-state index in [2.05, 4.69) is 6.08 Å². The molecule has 0 heterocycles. The maximum atomic E-state index is 11.2. The molecule has 0 aliphatic heterocycles. The Morgan fingerprint density at radius 1 is 1.38 bits per heavy atom. The molecule has 0 aliphatic carbocycles. The summed E-state index contributed by atoms with van der Waals surface area (Å²) in [7, 11) is 0. The van der Waals surface area contributed by atoms with Crippen molar-refractivity contribution in [2.24, 2.45) is 0 Å². The van der Waals surface area contributed by atoms with Gasteiger partial charge in [0.1, 0.15) is 5.60 Å². The van der Waals surface area contributed by atoms with E-state index in [-0.39, 0.29) is 11.6 Å². The lowest BCUT2D eigenvalue weighted by molar-refractivity contribution is -0.154. The summed E-state index contributed by atoms with van der Waals surface area (Å²) in [6.07, 6.45) is 6.40. The second kappa shape index (κ2) is 5.79. The van der Waals surface area contributed by atoms with Crippen LogP contribution in [0.3, 0.4) is 0 Å². The molecule has 76 valence electrons. The van der Waals surface area contributed by atoms with Gasteiger partial charge in [0.2, 0.25) is 0 Å². The normalized spacial score (nSPS) is 12.0. The first-order valence-corrected chi connectivity index (χ1v) is 4.78. The van der Waals surface area contributed by atoms with Gasteiger partial charge in [-0.1, -0.05) is 12.2 Å². The third kappa shape index (κ3) is 9.12. The minimum absolute atomic E-state index is 0.1000. The van der Waals surface area contributed by atoms with Crippen molar-refractivity contribution < 1.29 is 9.53 Å². The van der Waals surface area contributed by atoms with Crippen LogP contribution in [-0.2, 0) is 9.53 Å². The second-order valence-corrected chi connectivity index (χ2v) is 4.05. The number of hydrogen-bond donors (Lipinski definition) is 0. The fourth-order valence-corrected chi connectivity index (χ4v) is 0.923. The number of unbranched alkanes of at least 4 members (excludes halogenated alkanes) is 1. The summed E-state index contributed by atoms with van der Waals surface area (Å²) in [6.45, 7) is 7.64. The highest BCUT2D eigenvalue weighted by Crippen LogP contribution is 2.09. The highest BCUT2D eigenvalue weighted by molar-refractivity contribution is 5.69. The van der Waals surface area contributed by atoms with Crippen LogP contribution in [0.4, 0.5) is 0 Å². The van der Waals surface area contributed by atoms with Gasteiger partial charge in [-0.25, -0.2) is 0 Å². The minimum Gasteiger partial charge on any atom is -0.460 e. The standard InChI is InChI=1S/C11H20O2/c1-5-6-7-8-9-10(12)13-11(2,3)4/h5-6H,7-9H2,1-4H3/b6-5+. The Hall–Kier alpha value is -0.790. The topological polar surface area (TPSA) is 26.3 Å². The van der Waals surface area contributed by atoms with Crippen LogP contribution in [-0.4, -0.2) is 11.6 Å². The third-order valence-corrected chi connectivity index (χ3v) is 1.41.